The molecule has 1 aromatic carbocycles. The summed E-state index contributed by atoms with van der Waals surface area (Å²) in [7, 11) is 1.56. The van der Waals surface area contributed by atoms with Crippen LogP contribution in [0.25, 0.3) is 0 Å². The molecule has 0 unspecified atom stereocenters. The highest BCUT2D eigenvalue weighted by molar-refractivity contribution is 5.87. The van der Waals surface area contributed by atoms with Crippen molar-refractivity contribution in [2.75, 3.05) is 31.0 Å². The Morgan fingerprint density at radius 2 is 2.05 bits per heavy atom. The molecule has 2 N–H and O–H groups in total. The van der Waals surface area contributed by atoms with Gasteiger partial charge in [0, 0.05) is 11.8 Å². The highest BCUT2D eigenvalue weighted by Crippen LogP contribution is 2.29. The molecule has 1 aliphatic rings. The van der Waals surface area contributed by atoms with Gasteiger partial charge in [-0.15, -0.1) is 0 Å². The van der Waals surface area contributed by atoms with Gasteiger partial charge in [-0.3, -0.25) is 5.32 Å². The highest BCUT2D eigenvalue weighted by Gasteiger charge is 2.20. The lowest BCUT2D eigenvalue weighted by Gasteiger charge is -2.28. The average molecular weight is 294 g/mol. The van der Waals surface area contributed by atoms with Crippen LogP contribution in [0, 0.1) is 0 Å². The first kappa shape index (κ1) is 15.4. The van der Waals surface area contributed by atoms with Gasteiger partial charge in [0.25, 0.3) is 0 Å². The predicted octanol–water partition coefficient (Wildman–Crippen LogP) is 2.85. The Morgan fingerprint density at radius 3 is 2.57 bits per heavy atom. The van der Waals surface area contributed by atoms with Gasteiger partial charge in [0.1, 0.15) is 11.4 Å². The van der Waals surface area contributed by atoms with E-state index < -0.39 is 11.7 Å². The number of methoxy groups -OCH3 is 1. The Kier molecular flexibility index (Phi) is 4.57. The molecule has 21 heavy (non-hydrogen) atoms. The molecule has 1 aliphatic heterocycles. The third kappa shape index (κ3) is 4.53. The normalized spacial score (nSPS) is 15.0. The summed E-state index contributed by atoms with van der Waals surface area (Å²) in [5, 5.41) is 6.01. The van der Waals surface area contributed by atoms with Crippen molar-refractivity contribution in [2.45, 2.75) is 32.4 Å². The second-order valence-corrected chi connectivity index (χ2v) is 5.92. The summed E-state index contributed by atoms with van der Waals surface area (Å²) in [5.74, 6) is 0.575. The molecule has 0 spiro atoms. The van der Waals surface area contributed by atoms with Gasteiger partial charge in [-0.1, -0.05) is 0 Å². The molecule has 0 atom stereocenters. The lowest BCUT2D eigenvalue weighted by Crippen LogP contribution is -2.40. The Labute approximate surface area is 124 Å². The number of carbonyl (C=O) groups excluding carboxylic acids is 1. The third-order valence-corrected chi connectivity index (χ3v) is 2.85. The van der Waals surface area contributed by atoms with Crippen molar-refractivity contribution in [2.24, 2.45) is 0 Å². The molecular weight excluding hydrogens is 272 g/mol. The molecule has 1 fully saturated rings. The van der Waals surface area contributed by atoms with E-state index in [9.17, 15) is 4.79 Å². The van der Waals surface area contributed by atoms with E-state index in [2.05, 4.69) is 10.6 Å². The Hall–Kier alpha value is -1.95. The molecule has 0 saturated carbocycles. The van der Waals surface area contributed by atoms with Crippen molar-refractivity contribution < 1.29 is 19.0 Å². The average Bonchev–Trinajstić information content (AvgIpc) is 2.33. The van der Waals surface area contributed by atoms with Crippen LogP contribution in [0.5, 0.6) is 5.75 Å². The van der Waals surface area contributed by atoms with Crippen LogP contribution in [0.3, 0.4) is 0 Å². The third-order valence-electron chi connectivity index (χ3n) is 2.85. The molecule has 1 amide bonds. The van der Waals surface area contributed by atoms with Crippen LogP contribution in [0.1, 0.15) is 20.8 Å². The second kappa shape index (κ2) is 6.22. The summed E-state index contributed by atoms with van der Waals surface area (Å²) < 4.78 is 15.7. The first-order chi connectivity index (χ1) is 9.87. The molecule has 0 aliphatic carbocycles. The van der Waals surface area contributed by atoms with Crippen molar-refractivity contribution in [1.29, 1.82) is 0 Å². The van der Waals surface area contributed by atoms with Gasteiger partial charge in [0.15, 0.2) is 0 Å². The molecule has 1 heterocycles. The molecule has 0 radical (unpaired) electrons. The highest BCUT2D eigenvalue weighted by atomic mass is 16.6. The first-order valence-electron chi connectivity index (χ1n) is 6.90. The van der Waals surface area contributed by atoms with Crippen LogP contribution in [-0.4, -0.2) is 38.1 Å². The minimum absolute atomic E-state index is 0.333. The minimum atomic E-state index is -0.539. The second-order valence-electron chi connectivity index (χ2n) is 5.92. The number of rotatable bonds is 4. The molecule has 6 heteroatoms. The monoisotopic (exact) mass is 294 g/mol. The van der Waals surface area contributed by atoms with E-state index in [1.54, 1.807) is 13.2 Å². The summed E-state index contributed by atoms with van der Waals surface area (Å²) in [6.45, 7) is 6.87. The van der Waals surface area contributed by atoms with E-state index in [4.69, 9.17) is 14.2 Å². The van der Waals surface area contributed by atoms with Gasteiger partial charge in [0.05, 0.1) is 32.1 Å². The summed E-state index contributed by atoms with van der Waals surface area (Å²) in [6.07, 6.45) is -0.506. The molecule has 116 valence electrons. The zero-order chi connectivity index (χ0) is 15.5. The maximum Gasteiger partial charge on any atom is 0.412 e. The summed E-state index contributed by atoms with van der Waals surface area (Å²) >= 11 is 0. The van der Waals surface area contributed by atoms with Crippen LogP contribution in [0.4, 0.5) is 16.2 Å². The number of nitrogens with one attached hydrogen (secondary N) is 2. The largest absolute Gasteiger partial charge is 0.494 e. The molecule has 1 aromatic rings. The first-order valence-corrected chi connectivity index (χ1v) is 6.90. The lowest BCUT2D eigenvalue weighted by atomic mass is 10.2. The van der Waals surface area contributed by atoms with Crippen molar-refractivity contribution >= 4 is 17.5 Å². The van der Waals surface area contributed by atoms with E-state index in [0.29, 0.717) is 30.7 Å². The molecule has 6 nitrogen and oxygen atoms in total. The number of hydrogen-bond donors (Lipinski definition) is 2. The van der Waals surface area contributed by atoms with Crippen LogP contribution in [0.15, 0.2) is 18.2 Å². The van der Waals surface area contributed by atoms with Crippen molar-refractivity contribution in [3.05, 3.63) is 18.2 Å². The fourth-order valence-electron chi connectivity index (χ4n) is 1.85. The molecule has 2 rings (SSSR count). The van der Waals surface area contributed by atoms with Gasteiger partial charge in [-0.2, -0.15) is 0 Å². The van der Waals surface area contributed by atoms with Gasteiger partial charge in [-0.25, -0.2) is 4.79 Å². The van der Waals surface area contributed by atoms with Crippen molar-refractivity contribution in [1.82, 2.24) is 0 Å². The molecule has 0 aromatic heterocycles. The van der Waals surface area contributed by atoms with E-state index in [1.807, 2.05) is 32.9 Å². The van der Waals surface area contributed by atoms with E-state index in [-0.39, 0.29) is 0 Å². The van der Waals surface area contributed by atoms with Gasteiger partial charge in [-0.05, 0) is 32.9 Å². The van der Waals surface area contributed by atoms with E-state index in [0.717, 1.165) is 5.69 Å². The smallest absolute Gasteiger partial charge is 0.412 e. The lowest BCUT2D eigenvalue weighted by molar-refractivity contribution is 0.0211. The molecular formula is C15H22N2O4. The van der Waals surface area contributed by atoms with Crippen LogP contribution in [0.2, 0.25) is 0 Å². The number of anilines is 2. The molecule has 0 bridgehead atoms. The van der Waals surface area contributed by atoms with Crippen molar-refractivity contribution in [3.8, 4) is 5.75 Å². The zero-order valence-corrected chi connectivity index (χ0v) is 12.9. The van der Waals surface area contributed by atoms with Gasteiger partial charge >= 0.3 is 6.09 Å². The number of hydrogen-bond acceptors (Lipinski definition) is 5. The topological polar surface area (TPSA) is 68.8 Å². The summed E-state index contributed by atoms with van der Waals surface area (Å²) in [6, 6.07) is 5.84. The number of amides is 1. The summed E-state index contributed by atoms with van der Waals surface area (Å²) in [5.41, 5.74) is 0.959. The van der Waals surface area contributed by atoms with Gasteiger partial charge < -0.3 is 19.5 Å². The van der Waals surface area contributed by atoms with Gasteiger partial charge in [0.2, 0.25) is 0 Å². The predicted molar refractivity (Wildman–Crippen MR) is 81.1 cm³/mol. The molecule has 1 saturated heterocycles. The zero-order valence-electron chi connectivity index (χ0n) is 12.9. The van der Waals surface area contributed by atoms with Crippen LogP contribution in [-0.2, 0) is 9.47 Å². The fourth-order valence-corrected chi connectivity index (χ4v) is 1.85. The van der Waals surface area contributed by atoms with E-state index >= 15 is 0 Å². The number of benzene rings is 1. The fraction of sp³-hybridized carbons (Fsp3) is 0.533. The quantitative estimate of drug-likeness (QED) is 0.893. The maximum atomic E-state index is 11.8. The number of carbonyl (C=O) groups is 1. The maximum absolute atomic E-state index is 11.8. The SMILES string of the molecule is COc1cc(NC2COC2)ccc1NC(=O)OC(C)(C)C. The van der Waals surface area contributed by atoms with Crippen molar-refractivity contribution in [3.63, 3.8) is 0 Å². The Morgan fingerprint density at radius 1 is 1.33 bits per heavy atom. The van der Waals surface area contributed by atoms with Crippen LogP contribution >= 0.6 is 0 Å². The van der Waals surface area contributed by atoms with Crippen LogP contribution < -0.4 is 15.4 Å². The number of ether oxygens (including phenoxy) is 3. The van der Waals surface area contributed by atoms with E-state index in [1.165, 1.54) is 0 Å². The minimum Gasteiger partial charge on any atom is -0.494 e. The summed E-state index contributed by atoms with van der Waals surface area (Å²) in [4.78, 5) is 11.8. The Balaban J connectivity index is 2.03. The Bertz CT molecular complexity index is 507. The standard InChI is InChI=1S/C15H22N2O4/c1-15(2,3)21-14(18)17-12-6-5-10(7-13(12)19-4)16-11-8-20-9-11/h5-7,11,16H,8-9H2,1-4H3,(H,17,18).